The van der Waals surface area contributed by atoms with Crippen molar-refractivity contribution in [2.45, 2.75) is 204 Å². The summed E-state index contributed by atoms with van der Waals surface area (Å²) < 4.78 is 36.1. The van der Waals surface area contributed by atoms with Gasteiger partial charge in [-0.25, -0.2) is 0 Å². The lowest BCUT2D eigenvalue weighted by Gasteiger charge is -2.71. The van der Waals surface area contributed by atoms with Crippen molar-refractivity contribution in [2.75, 3.05) is 19.8 Å². The van der Waals surface area contributed by atoms with E-state index in [0.717, 1.165) is 32.1 Å². The first-order chi connectivity index (χ1) is 30.3. The van der Waals surface area contributed by atoms with E-state index in [9.17, 15) is 61.0 Å². The predicted molar refractivity (Wildman–Crippen MR) is 226 cm³/mol. The SMILES string of the molecule is CC1(C)CCC2(C(=O)O)C(O)CC3(C)C(=CCC4C5(C)CCC(OC6OC(COC7OCC(O)C(O)C7O)C(O)C(O)C6OC6OC(CO)C(O)C(O)C6O)C(C)(C)C5CCC43C)C2C1. The molecule has 5 aliphatic carbocycles. The molecule has 0 radical (unpaired) electrons. The summed E-state index contributed by atoms with van der Waals surface area (Å²) in [5.74, 6) is -0.886. The molecule has 4 saturated carbocycles. The molecule has 65 heavy (non-hydrogen) atoms. The van der Waals surface area contributed by atoms with E-state index in [0.29, 0.717) is 25.7 Å². The summed E-state index contributed by atoms with van der Waals surface area (Å²) in [7, 11) is 0. The summed E-state index contributed by atoms with van der Waals surface area (Å²) in [5.41, 5.74) is -1.52. The third kappa shape index (κ3) is 7.80. The number of rotatable bonds is 9. The number of aliphatic hydroxyl groups excluding tert-OH is 10. The molecule has 0 amide bonds. The van der Waals surface area contributed by atoms with Crippen molar-refractivity contribution in [1.29, 1.82) is 0 Å². The van der Waals surface area contributed by atoms with Gasteiger partial charge in [-0.15, -0.1) is 0 Å². The Hall–Kier alpha value is -1.43. The molecule has 3 aliphatic heterocycles. The fourth-order valence-electron chi connectivity index (χ4n) is 14.9. The van der Waals surface area contributed by atoms with Crippen LogP contribution in [0.1, 0.15) is 106 Å². The van der Waals surface area contributed by atoms with Crippen molar-refractivity contribution in [3.05, 3.63) is 11.6 Å². The minimum Gasteiger partial charge on any atom is -0.481 e. The van der Waals surface area contributed by atoms with Crippen LogP contribution in [0, 0.1) is 50.2 Å². The Morgan fingerprint density at radius 2 is 1.37 bits per heavy atom. The van der Waals surface area contributed by atoms with Gasteiger partial charge in [0.1, 0.15) is 72.6 Å². The normalized spacial score (nSPS) is 54.0. The average Bonchev–Trinajstić information content (AvgIpc) is 3.23. The Kier molecular flexibility index (Phi) is 13.4. The van der Waals surface area contributed by atoms with Crippen LogP contribution in [0.4, 0.5) is 0 Å². The van der Waals surface area contributed by atoms with Gasteiger partial charge < -0.3 is 84.6 Å². The molecule has 0 aromatic carbocycles. The molecule has 18 nitrogen and oxygen atoms in total. The molecule has 3 heterocycles. The number of ether oxygens (including phenoxy) is 6. The number of allylic oxidation sites excluding steroid dienone is 2. The predicted octanol–water partition coefficient (Wildman–Crippen LogP) is 0.316. The van der Waals surface area contributed by atoms with Gasteiger partial charge in [0, 0.05) is 0 Å². The third-order valence-electron chi connectivity index (χ3n) is 19.0. The average molecular weight is 929 g/mol. The first kappa shape index (κ1) is 50.0. The maximum atomic E-state index is 13.2. The van der Waals surface area contributed by atoms with E-state index in [1.807, 2.05) is 0 Å². The molecule has 18 heteroatoms. The minimum atomic E-state index is -1.84. The number of aliphatic hydroxyl groups is 10. The Labute approximate surface area is 380 Å². The van der Waals surface area contributed by atoms with Gasteiger partial charge in [-0.2, -0.15) is 0 Å². The van der Waals surface area contributed by atoms with Crippen LogP contribution in [0.25, 0.3) is 0 Å². The maximum Gasteiger partial charge on any atom is 0.312 e. The molecule has 372 valence electrons. The van der Waals surface area contributed by atoms with Crippen LogP contribution in [0.3, 0.4) is 0 Å². The van der Waals surface area contributed by atoms with Gasteiger partial charge >= 0.3 is 5.97 Å². The molecule has 8 rings (SSSR count). The second kappa shape index (κ2) is 17.5. The number of carbonyl (C=O) groups is 1. The molecule has 23 atom stereocenters. The highest BCUT2D eigenvalue weighted by molar-refractivity contribution is 5.77. The summed E-state index contributed by atoms with van der Waals surface area (Å²) in [6.45, 7) is 14.2. The zero-order chi connectivity index (χ0) is 47.6. The van der Waals surface area contributed by atoms with Crippen LogP contribution in [0.2, 0.25) is 0 Å². The fourth-order valence-corrected chi connectivity index (χ4v) is 14.9. The van der Waals surface area contributed by atoms with Crippen LogP contribution in [0.5, 0.6) is 0 Å². The van der Waals surface area contributed by atoms with Crippen LogP contribution in [-0.2, 0) is 33.2 Å². The number of hydrogen-bond acceptors (Lipinski definition) is 17. The van der Waals surface area contributed by atoms with E-state index >= 15 is 0 Å². The Morgan fingerprint density at radius 3 is 2.05 bits per heavy atom. The summed E-state index contributed by atoms with van der Waals surface area (Å²) in [5, 5.41) is 118. The molecule has 3 saturated heterocycles. The van der Waals surface area contributed by atoms with Gasteiger partial charge in [-0.3, -0.25) is 4.79 Å². The maximum absolute atomic E-state index is 13.2. The lowest BCUT2D eigenvalue weighted by molar-refractivity contribution is -0.381. The van der Waals surface area contributed by atoms with E-state index in [1.54, 1.807) is 0 Å². The number of fused-ring (bicyclic) bond motifs is 7. The highest BCUT2D eigenvalue weighted by atomic mass is 16.8. The molecule has 0 aromatic heterocycles. The van der Waals surface area contributed by atoms with Crippen LogP contribution in [0.15, 0.2) is 11.6 Å². The van der Waals surface area contributed by atoms with Crippen LogP contribution >= 0.6 is 0 Å². The number of carboxylic acids is 1. The molecule has 7 fully saturated rings. The first-order valence-electron chi connectivity index (χ1n) is 23.8. The zero-order valence-electron chi connectivity index (χ0n) is 38.8. The molecule has 0 spiro atoms. The van der Waals surface area contributed by atoms with Gasteiger partial charge in [-0.05, 0) is 103 Å². The van der Waals surface area contributed by atoms with Crippen molar-refractivity contribution in [1.82, 2.24) is 0 Å². The van der Waals surface area contributed by atoms with Gasteiger partial charge in [0.05, 0.1) is 32.0 Å². The van der Waals surface area contributed by atoms with Gasteiger partial charge in [0.25, 0.3) is 0 Å². The monoisotopic (exact) mass is 929 g/mol. The number of carboxylic acid groups (broad SMARTS) is 1. The van der Waals surface area contributed by atoms with Crippen molar-refractivity contribution >= 4 is 5.97 Å². The summed E-state index contributed by atoms with van der Waals surface area (Å²) >= 11 is 0. The standard InChI is InChI=1S/C47H76O18/c1-42(2)14-15-47(41(58)59)22(16-42)21-8-9-27-44(5)12-11-29(43(3,4)26(44)10-13-45(27,6)46(21,7)17-28(47)50)64-40-37(65-39-36(57)33(54)31(52)24(18-48)62-39)34(55)32(53)25(63-40)20-61-38-35(56)30(51)23(49)19-60-38/h8,22-40,48-57H,9-20H2,1-7H3,(H,58,59). The first-order valence-corrected chi connectivity index (χ1v) is 23.8. The molecule has 8 aliphatic rings. The van der Waals surface area contributed by atoms with Crippen molar-refractivity contribution in [3.8, 4) is 0 Å². The van der Waals surface area contributed by atoms with E-state index in [1.165, 1.54) is 5.57 Å². The van der Waals surface area contributed by atoms with Gasteiger partial charge in [0.15, 0.2) is 18.9 Å². The van der Waals surface area contributed by atoms with E-state index in [4.69, 9.17) is 28.4 Å². The van der Waals surface area contributed by atoms with Crippen molar-refractivity contribution in [2.24, 2.45) is 50.2 Å². The number of aliphatic carboxylic acids is 1. The highest BCUT2D eigenvalue weighted by Gasteiger charge is 2.71. The molecule has 0 aromatic rings. The van der Waals surface area contributed by atoms with Gasteiger partial charge in [0.2, 0.25) is 0 Å². The van der Waals surface area contributed by atoms with E-state index in [2.05, 4.69) is 54.5 Å². The van der Waals surface area contributed by atoms with Crippen LogP contribution in [-0.4, -0.2) is 180 Å². The quantitative estimate of drug-likeness (QED) is 0.110. The molecule has 0 bridgehead atoms. The Morgan fingerprint density at radius 1 is 0.708 bits per heavy atom. The Balaban J connectivity index is 1.06. The van der Waals surface area contributed by atoms with Crippen LogP contribution < -0.4 is 0 Å². The second-order valence-corrected chi connectivity index (χ2v) is 23.2. The van der Waals surface area contributed by atoms with E-state index in [-0.39, 0.29) is 40.6 Å². The molecular weight excluding hydrogens is 852 g/mol. The van der Waals surface area contributed by atoms with Gasteiger partial charge in [-0.1, -0.05) is 60.1 Å². The zero-order valence-corrected chi connectivity index (χ0v) is 38.8. The second-order valence-electron chi connectivity index (χ2n) is 23.2. The highest BCUT2D eigenvalue weighted by Crippen LogP contribution is 2.76. The molecule has 23 unspecified atom stereocenters. The largest absolute Gasteiger partial charge is 0.481 e. The third-order valence-corrected chi connectivity index (χ3v) is 19.0. The number of hydrogen-bond donors (Lipinski definition) is 11. The lowest BCUT2D eigenvalue weighted by atomic mass is 9.33. The Bertz CT molecular complexity index is 1780. The topological polar surface area (TPSA) is 295 Å². The smallest absolute Gasteiger partial charge is 0.312 e. The molecule has 11 N–H and O–H groups in total. The summed E-state index contributed by atoms with van der Waals surface area (Å²) in [4.78, 5) is 13.2. The minimum absolute atomic E-state index is 0.0608. The summed E-state index contributed by atoms with van der Waals surface area (Å²) in [6, 6.07) is 0. The summed E-state index contributed by atoms with van der Waals surface area (Å²) in [6.07, 6.45) is -15.3. The molecular formula is C47H76O18. The van der Waals surface area contributed by atoms with E-state index < -0.39 is 134 Å². The fraction of sp³-hybridized carbons (Fsp3) is 0.936. The lowest BCUT2D eigenvalue weighted by Crippen LogP contribution is -2.68. The van der Waals surface area contributed by atoms with Crippen molar-refractivity contribution < 1.29 is 89.4 Å². The van der Waals surface area contributed by atoms with Crippen molar-refractivity contribution in [3.63, 3.8) is 0 Å².